The van der Waals surface area contributed by atoms with Gasteiger partial charge in [0.2, 0.25) is 0 Å². The lowest BCUT2D eigenvalue weighted by atomic mass is 9.95. The predicted octanol–water partition coefficient (Wildman–Crippen LogP) is 3.64. The van der Waals surface area contributed by atoms with Crippen molar-refractivity contribution in [3.8, 4) is 11.5 Å². The van der Waals surface area contributed by atoms with Gasteiger partial charge in [-0.05, 0) is 27.8 Å². The summed E-state index contributed by atoms with van der Waals surface area (Å²) in [6.45, 7) is 0. The number of carboxylic acid groups (broad SMARTS) is 1. The van der Waals surface area contributed by atoms with E-state index in [1.54, 1.807) is 20.3 Å². The molecule has 1 N–H and O–H groups in total. The van der Waals surface area contributed by atoms with Crippen LogP contribution in [0, 0.1) is 0 Å². The Morgan fingerprint density at radius 3 is 2.50 bits per heavy atom. The molecule has 0 saturated heterocycles. The molecule has 0 bridgehead atoms. The average Bonchev–Trinajstić information content (AvgIpc) is 2.53. The summed E-state index contributed by atoms with van der Waals surface area (Å²) < 4.78 is 10.9. The summed E-state index contributed by atoms with van der Waals surface area (Å²) in [5.41, 5.74) is 0.714. The number of ether oxygens (including phenoxy) is 2. The maximum atomic E-state index is 11.2. The van der Waals surface area contributed by atoms with Crippen LogP contribution >= 0.6 is 0 Å². The molecular weight excluding hydrogens is 280 g/mol. The first-order chi connectivity index (χ1) is 10.7. The van der Waals surface area contributed by atoms with Gasteiger partial charge in [0.15, 0.2) is 11.5 Å². The van der Waals surface area contributed by atoms with Gasteiger partial charge in [-0.3, -0.25) is 4.79 Å². The Morgan fingerprint density at radius 2 is 1.82 bits per heavy atom. The van der Waals surface area contributed by atoms with E-state index in [2.05, 4.69) is 0 Å². The van der Waals surface area contributed by atoms with Crippen molar-refractivity contribution in [3.05, 3.63) is 48.0 Å². The predicted molar refractivity (Wildman–Crippen MR) is 85.9 cm³/mol. The standard InChI is InChI=1S/C18H16O4/c1-21-15-9-12(10-16(19)20)14-8-7-11-5-3-4-6-13(11)17(14)18(15)22-2/h3-9H,10H2,1-2H3,(H,19,20). The Labute approximate surface area is 127 Å². The van der Waals surface area contributed by atoms with E-state index in [1.165, 1.54) is 0 Å². The first-order valence-corrected chi connectivity index (χ1v) is 6.92. The van der Waals surface area contributed by atoms with Crippen molar-refractivity contribution in [2.24, 2.45) is 0 Å². The zero-order chi connectivity index (χ0) is 15.7. The van der Waals surface area contributed by atoms with Crippen LogP contribution < -0.4 is 9.47 Å². The van der Waals surface area contributed by atoms with E-state index < -0.39 is 5.97 Å². The zero-order valence-electron chi connectivity index (χ0n) is 12.4. The fourth-order valence-corrected chi connectivity index (χ4v) is 2.87. The Kier molecular flexibility index (Phi) is 3.59. The maximum Gasteiger partial charge on any atom is 0.307 e. The minimum absolute atomic E-state index is 0.0603. The molecule has 0 spiro atoms. The fourth-order valence-electron chi connectivity index (χ4n) is 2.87. The highest BCUT2D eigenvalue weighted by molar-refractivity contribution is 6.13. The van der Waals surface area contributed by atoms with Gasteiger partial charge < -0.3 is 14.6 Å². The molecule has 0 aliphatic heterocycles. The van der Waals surface area contributed by atoms with E-state index in [4.69, 9.17) is 14.6 Å². The Hall–Kier alpha value is -2.75. The van der Waals surface area contributed by atoms with E-state index in [0.717, 1.165) is 21.5 Å². The fraction of sp³-hybridized carbons (Fsp3) is 0.167. The van der Waals surface area contributed by atoms with Crippen molar-refractivity contribution in [3.63, 3.8) is 0 Å². The molecule has 3 rings (SSSR count). The number of carbonyl (C=O) groups is 1. The third-order valence-electron chi connectivity index (χ3n) is 3.80. The number of hydrogen-bond acceptors (Lipinski definition) is 3. The normalized spacial score (nSPS) is 10.8. The smallest absolute Gasteiger partial charge is 0.307 e. The van der Waals surface area contributed by atoms with Gasteiger partial charge in [-0.15, -0.1) is 0 Å². The SMILES string of the molecule is COc1cc(CC(=O)O)c2ccc3ccccc3c2c1OC. The Bertz CT molecular complexity index is 868. The van der Waals surface area contributed by atoms with Crippen LogP contribution in [0.5, 0.6) is 11.5 Å². The van der Waals surface area contributed by atoms with E-state index in [9.17, 15) is 4.79 Å². The number of methoxy groups -OCH3 is 2. The van der Waals surface area contributed by atoms with Crippen LogP contribution in [0.2, 0.25) is 0 Å². The van der Waals surface area contributed by atoms with Crippen molar-refractivity contribution in [1.29, 1.82) is 0 Å². The van der Waals surface area contributed by atoms with Crippen LogP contribution in [-0.4, -0.2) is 25.3 Å². The molecule has 0 heterocycles. The number of aliphatic carboxylic acids is 1. The molecule has 0 aliphatic carbocycles. The lowest BCUT2D eigenvalue weighted by Gasteiger charge is -2.16. The molecule has 0 aliphatic rings. The molecule has 0 aromatic heterocycles. The van der Waals surface area contributed by atoms with Crippen molar-refractivity contribution in [2.75, 3.05) is 14.2 Å². The van der Waals surface area contributed by atoms with Gasteiger partial charge in [0.05, 0.1) is 20.6 Å². The first-order valence-electron chi connectivity index (χ1n) is 6.92. The summed E-state index contributed by atoms with van der Waals surface area (Å²) >= 11 is 0. The average molecular weight is 296 g/mol. The molecule has 0 saturated carbocycles. The summed E-state index contributed by atoms with van der Waals surface area (Å²) in [5, 5.41) is 13.0. The third-order valence-corrected chi connectivity index (χ3v) is 3.80. The van der Waals surface area contributed by atoms with E-state index in [1.807, 2.05) is 36.4 Å². The quantitative estimate of drug-likeness (QED) is 0.747. The van der Waals surface area contributed by atoms with Crippen molar-refractivity contribution >= 4 is 27.5 Å². The monoisotopic (exact) mass is 296 g/mol. The highest BCUT2D eigenvalue weighted by atomic mass is 16.5. The van der Waals surface area contributed by atoms with Crippen LogP contribution in [0.15, 0.2) is 42.5 Å². The minimum atomic E-state index is -0.873. The molecule has 3 aromatic carbocycles. The summed E-state index contributed by atoms with van der Waals surface area (Å²) in [6, 6.07) is 13.6. The largest absolute Gasteiger partial charge is 0.493 e. The zero-order valence-corrected chi connectivity index (χ0v) is 12.4. The van der Waals surface area contributed by atoms with Gasteiger partial charge in [-0.25, -0.2) is 0 Å². The number of fused-ring (bicyclic) bond motifs is 3. The van der Waals surface area contributed by atoms with Gasteiger partial charge in [0, 0.05) is 5.39 Å². The van der Waals surface area contributed by atoms with E-state index in [-0.39, 0.29) is 6.42 Å². The Balaban J connectivity index is 2.49. The summed E-state index contributed by atoms with van der Waals surface area (Å²) in [5.74, 6) is 0.299. The topological polar surface area (TPSA) is 55.8 Å². The van der Waals surface area contributed by atoms with Crippen molar-refractivity contribution in [2.45, 2.75) is 6.42 Å². The van der Waals surface area contributed by atoms with Crippen LogP contribution in [0.25, 0.3) is 21.5 Å². The molecule has 0 amide bonds. The van der Waals surface area contributed by atoms with Crippen LogP contribution in [0.3, 0.4) is 0 Å². The lowest BCUT2D eigenvalue weighted by molar-refractivity contribution is -0.136. The summed E-state index contributed by atoms with van der Waals surface area (Å²) in [6.07, 6.45) is -0.0603. The van der Waals surface area contributed by atoms with Gasteiger partial charge in [0.25, 0.3) is 0 Å². The number of hydrogen-bond donors (Lipinski definition) is 1. The van der Waals surface area contributed by atoms with Gasteiger partial charge in [-0.2, -0.15) is 0 Å². The second-order valence-corrected chi connectivity index (χ2v) is 5.05. The molecule has 0 fully saturated rings. The van der Waals surface area contributed by atoms with Gasteiger partial charge in [0.1, 0.15) is 0 Å². The molecule has 4 nitrogen and oxygen atoms in total. The maximum absolute atomic E-state index is 11.2. The molecule has 0 atom stereocenters. The summed E-state index contributed by atoms with van der Waals surface area (Å²) in [7, 11) is 3.15. The van der Waals surface area contributed by atoms with Crippen LogP contribution in [0.4, 0.5) is 0 Å². The molecule has 0 unspecified atom stereocenters. The molecule has 112 valence electrons. The van der Waals surface area contributed by atoms with Crippen molar-refractivity contribution in [1.82, 2.24) is 0 Å². The second kappa shape index (κ2) is 5.56. The third kappa shape index (κ3) is 2.22. The molecule has 22 heavy (non-hydrogen) atoms. The molecule has 4 heteroatoms. The Morgan fingerprint density at radius 1 is 1.05 bits per heavy atom. The van der Waals surface area contributed by atoms with E-state index >= 15 is 0 Å². The summed E-state index contributed by atoms with van der Waals surface area (Å²) in [4.78, 5) is 11.2. The lowest BCUT2D eigenvalue weighted by Crippen LogP contribution is -2.03. The highest BCUT2D eigenvalue weighted by Gasteiger charge is 2.17. The highest BCUT2D eigenvalue weighted by Crippen LogP contribution is 2.41. The second-order valence-electron chi connectivity index (χ2n) is 5.05. The number of carboxylic acids is 1. The van der Waals surface area contributed by atoms with Crippen LogP contribution in [-0.2, 0) is 11.2 Å². The first kappa shape index (κ1) is 14.2. The van der Waals surface area contributed by atoms with E-state index in [0.29, 0.717) is 17.1 Å². The molecular formula is C18H16O4. The molecule has 0 radical (unpaired) electrons. The van der Waals surface area contributed by atoms with Crippen LogP contribution in [0.1, 0.15) is 5.56 Å². The minimum Gasteiger partial charge on any atom is -0.493 e. The van der Waals surface area contributed by atoms with Gasteiger partial charge >= 0.3 is 5.97 Å². The van der Waals surface area contributed by atoms with Crippen molar-refractivity contribution < 1.29 is 19.4 Å². The van der Waals surface area contributed by atoms with Gasteiger partial charge in [-0.1, -0.05) is 36.4 Å². The number of rotatable bonds is 4. The number of benzene rings is 3. The molecule has 3 aromatic rings.